The fraction of sp³-hybridized carbons (Fsp3) is 0.467. The normalized spacial score (nSPS) is 24.0. The summed E-state index contributed by atoms with van der Waals surface area (Å²) < 4.78 is 0. The average Bonchev–Trinajstić information content (AvgIpc) is 3.06. The third-order valence-electron chi connectivity index (χ3n) is 4.36. The Morgan fingerprint density at radius 2 is 2.14 bits per heavy atom. The van der Waals surface area contributed by atoms with E-state index in [0.717, 1.165) is 23.4 Å². The summed E-state index contributed by atoms with van der Waals surface area (Å²) in [7, 11) is 0. The molecule has 5 nitrogen and oxygen atoms in total. The molecule has 2 aliphatic rings. The number of nitrogens with two attached hydrogens (primary N) is 1. The van der Waals surface area contributed by atoms with Crippen molar-refractivity contribution < 1.29 is 9.59 Å². The number of carbonyl (C=O) groups excluding carboxylic acids is 2. The van der Waals surface area contributed by atoms with Crippen LogP contribution in [0.15, 0.2) is 18.2 Å². The van der Waals surface area contributed by atoms with E-state index in [9.17, 15) is 9.59 Å². The van der Waals surface area contributed by atoms with Crippen molar-refractivity contribution in [1.82, 2.24) is 10.2 Å². The lowest BCUT2D eigenvalue weighted by atomic mass is 10.1. The topological polar surface area (TPSA) is 75.4 Å². The van der Waals surface area contributed by atoms with E-state index < -0.39 is 0 Å². The number of likely N-dealkylation sites (tertiary alicyclic amines) is 1. The maximum Gasteiger partial charge on any atom is 0.317 e. The Hall–Kier alpha value is -1.75. The molecule has 0 saturated carbocycles. The zero-order valence-electron chi connectivity index (χ0n) is 11.6. The van der Waals surface area contributed by atoms with Crippen LogP contribution in [0.1, 0.15) is 30.0 Å². The molecule has 0 spiro atoms. The first-order valence-electron chi connectivity index (χ1n) is 7.17. The fourth-order valence-corrected chi connectivity index (χ4v) is 3.35. The van der Waals surface area contributed by atoms with Crippen molar-refractivity contribution in [2.75, 3.05) is 13.1 Å². The third kappa shape index (κ3) is 2.83. The standard InChI is InChI=1S/C15H18ClN3O2/c16-11-2-3-12-9(7-11)1-4-13(12)18-15(21)19-6-5-10(8-19)14(17)20/h2-3,7,10,13H,1,4-6,8H2,(H2,17,20)(H,18,21)/t10-,13-/m0/s1. The Bertz CT molecular complexity index is 590. The molecular formula is C15H18ClN3O2. The number of fused-ring (bicyclic) bond motifs is 1. The first-order valence-corrected chi connectivity index (χ1v) is 7.55. The summed E-state index contributed by atoms with van der Waals surface area (Å²) >= 11 is 5.99. The average molecular weight is 308 g/mol. The molecule has 1 saturated heterocycles. The number of urea groups is 1. The summed E-state index contributed by atoms with van der Waals surface area (Å²) in [5.74, 6) is -0.545. The number of nitrogens with zero attached hydrogens (tertiary/aromatic N) is 1. The van der Waals surface area contributed by atoms with Gasteiger partial charge in [-0.3, -0.25) is 4.79 Å². The highest BCUT2D eigenvalue weighted by atomic mass is 35.5. The van der Waals surface area contributed by atoms with Crippen molar-refractivity contribution in [2.45, 2.75) is 25.3 Å². The lowest BCUT2D eigenvalue weighted by Crippen LogP contribution is -2.40. The second-order valence-corrected chi connectivity index (χ2v) is 6.15. The number of hydrogen-bond acceptors (Lipinski definition) is 2. The Labute approximate surface area is 128 Å². The zero-order valence-corrected chi connectivity index (χ0v) is 12.4. The second kappa shape index (κ2) is 5.56. The first kappa shape index (κ1) is 14.2. The molecule has 1 fully saturated rings. The molecule has 0 unspecified atom stereocenters. The predicted molar refractivity (Wildman–Crippen MR) is 79.9 cm³/mol. The highest BCUT2D eigenvalue weighted by molar-refractivity contribution is 6.30. The minimum absolute atomic E-state index is 0.0254. The van der Waals surface area contributed by atoms with Crippen LogP contribution >= 0.6 is 11.6 Å². The van der Waals surface area contributed by atoms with Crippen molar-refractivity contribution in [2.24, 2.45) is 11.7 Å². The van der Waals surface area contributed by atoms with E-state index in [1.165, 1.54) is 5.56 Å². The van der Waals surface area contributed by atoms with E-state index in [4.69, 9.17) is 17.3 Å². The third-order valence-corrected chi connectivity index (χ3v) is 4.59. The van der Waals surface area contributed by atoms with Gasteiger partial charge in [0.25, 0.3) is 0 Å². The number of primary amides is 1. The molecule has 112 valence electrons. The summed E-state index contributed by atoms with van der Waals surface area (Å²) in [6.45, 7) is 1.00. The summed E-state index contributed by atoms with van der Waals surface area (Å²) in [6, 6.07) is 5.70. The molecule has 0 aromatic heterocycles. The summed E-state index contributed by atoms with van der Waals surface area (Å²) in [5, 5.41) is 3.77. The second-order valence-electron chi connectivity index (χ2n) is 5.72. The van der Waals surface area contributed by atoms with Crippen LogP contribution in [0.2, 0.25) is 5.02 Å². The van der Waals surface area contributed by atoms with Gasteiger partial charge in [0.15, 0.2) is 0 Å². The Kier molecular flexibility index (Phi) is 3.76. The van der Waals surface area contributed by atoms with Gasteiger partial charge in [0, 0.05) is 18.1 Å². The lowest BCUT2D eigenvalue weighted by Gasteiger charge is -2.21. The summed E-state index contributed by atoms with van der Waals surface area (Å²) in [6.07, 6.45) is 2.46. The van der Waals surface area contributed by atoms with E-state index in [0.29, 0.717) is 19.5 Å². The van der Waals surface area contributed by atoms with Crippen molar-refractivity contribution >= 4 is 23.5 Å². The summed E-state index contributed by atoms with van der Waals surface area (Å²) in [4.78, 5) is 25.1. The van der Waals surface area contributed by atoms with Gasteiger partial charge in [-0.15, -0.1) is 0 Å². The highest BCUT2D eigenvalue weighted by Crippen LogP contribution is 2.33. The van der Waals surface area contributed by atoms with E-state index in [-0.39, 0.29) is 23.9 Å². The minimum atomic E-state index is -0.328. The molecule has 0 radical (unpaired) electrons. The molecule has 21 heavy (non-hydrogen) atoms. The van der Waals surface area contributed by atoms with Crippen molar-refractivity contribution in [3.63, 3.8) is 0 Å². The van der Waals surface area contributed by atoms with Crippen LogP contribution in [-0.4, -0.2) is 29.9 Å². The summed E-state index contributed by atoms with van der Waals surface area (Å²) in [5.41, 5.74) is 7.63. The van der Waals surface area contributed by atoms with Gasteiger partial charge in [-0.1, -0.05) is 17.7 Å². The molecule has 1 aromatic rings. The monoisotopic (exact) mass is 307 g/mol. The number of nitrogens with one attached hydrogen (secondary N) is 1. The van der Waals surface area contributed by atoms with Crippen LogP contribution in [0.4, 0.5) is 4.79 Å². The predicted octanol–water partition coefficient (Wildman–Crippen LogP) is 1.84. The largest absolute Gasteiger partial charge is 0.369 e. The molecule has 0 bridgehead atoms. The van der Waals surface area contributed by atoms with Gasteiger partial charge < -0.3 is 16.0 Å². The Balaban J connectivity index is 1.64. The Morgan fingerprint density at radius 1 is 1.33 bits per heavy atom. The number of halogens is 1. The molecule has 1 aromatic carbocycles. The number of aryl methyl sites for hydroxylation is 1. The number of rotatable bonds is 2. The Morgan fingerprint density at radius 3 is 2.86 bits per heavy atom. The molecule has 1 aliphatic carbocycles. The number of hydrogen-bond donors (Lipinski definition) is 2. The van der Waals surface area contributed by atoms with E-state index >= 15 is 0 Å². The highest BCUT2D eigenvalue weighted by Gasteiger charge is 2.32. The van der Waals surface area contributed by atoms with E-state index in [1.54, 1.807) is 4.90 Å². The smallest absolute Gasteiger partial charge is 0.317 e. The van der Waals surface area contributed by atoms with E-state index in [2.05, 4.69) is 5.32 Å². The fourth-order valence-electron chi connectivity index (χ4n) is 3.15. The molecule has 1 aliphatic heterocycles. The lowest BCUT2D eigenvalue weighted by molar-refractivity contribution is -0.121. The maximum absolute atomic E-state index is 12.3. The maximum atomic E-state index is 12.3. The van der Waals surface area contributed by atoms with Crippen LogP contribution in [0.3, 0.4) is 0 Å². The van der Waals surface area contributed by atoms with Gasteiger partial charge in [-0.05, 0) is 42.5 Å². The quantitative estimate of drug-likeness (QED) is 0.875. The van der Waals surface area contributed by atoms with Crippen molar-refractivity contribution in [1.29, 1.82) is 0 Å². The molecule has 2 atom stereocenters. The van der Waals surface area contributed by atoms with Crippen LogP contribution in [0, 0.1) is 5.92 Å². The molecular weight excluding hydrogens is 290 g/mol. The SMILES string of the molecule is NC(=O)[C@H]1CCN(C(=O)N[C@H]2CCc3cc(Cl)ccc32)C1. The van der Waals surface area contributed by atoms with Gasteiger partial charge in [0.1, 0.15) is 0 Å². The molecule has 3 N–H and O–H groups in total. The first-order chi connectivity index (χ1) is 10.0. The molecule has 6 heteroatoms. The van der Waals surface area contributed by atoms with Crippen LogP contribution in [-0.2, 0) is 11.2 Å². The van der Waals surface area contributed by atoms with Crippen LogP contribution in [0.25, 0.3) is 0 Å². The van der Waals surface area contributed by atoms with Gasteiger partial charge >= 0.3 is 6.03 Å². The number of amides is 3. The number of carbonyl (C=O) groups is 2. The van der Waals surface area contributed by atoms with Gasteiger partial charge in [-0.25, -0.2) is 4.79 Å². The van der Waals surface area contributed by atoms with Crippen molar-refractivity contribution in [3.8, 4) is 0 Å². The molecule has 3 rings (SSSR count). The number of benzene rings is 1. The van der Waals surface area contributed by atoms with Gasteiger partial charge in [-0.2, -0.15) is 0 Å². The van der Waals surface area contributed by atoms with E-state index in [1.807, 2.05) is 18.2 Å². The molecule has 1 heterocycles. The van der Waals surface area contributed by atoms with Gasteiger partial charge in [0.2, 0.25) is 5.91 Å². The van der Waals surface area contributed by atoms with Crippen molar-refractivity contribution in [3.05, 3.63) is 34.3 Å². The van der Waals surface area contributed by atoms with Crippen LogP contribution < -0.4 is 11.1 Å². The van der Waals surface area contributed by atoms with Gasteiger partial charge in [0.05, 0.1) is 12.0 Å². The zero-order chi connectivity index (χ0) is 15.0. The molecule has 3 amide bonds. The van der Waals surface area contributed by atoms with Crippen LogP contribution in [0.5, 0.6) is 0 Å². The minimum Gasteiger partial charge on any atom is -0.369 e.